The first-order valence-electron chi connectivity index (χ1n) is 13.3. The number of thioether (sulfide) groups is 1. The van der Waals surface area contributed by atoms with Crippen LogP contribution in [-0.2, 0) is 14.3 Å². The zero-order valence-electron chi connectivity index (χ0n) is 21.1. The number of ether oxygens (including phenoxy) is 1. The van der Waals surface area contributed by atoms with E-state index in [1.165, 1.54) is 95.1 Å². The van der Waals surface area contributed by atoms with Crippen LogP contribution in [0.25, 0.3) is 0 Å². The zero-order valence-corrected chi connectivity index (χ0v) is 21.9. The van der Waals surface area contributed by atoms with Gasteiger partial charge in [0.05, 0.1) is 24.2 Å². The van der Waals surface area contributed by atoms with Crippen molar-refractivity contribution in [1.29, 1.82) is 0 Å². The second kappa shape index (κ2) is 19.3. The Balaban J connectivity index is 2.37. The predicted octanol–water partition coefficient (Wildman–Crippen LogP) is 6.91. The van der Waals surface area contributed by atoms with Crippen LogP contribution in [0.1, 0.15) is 116 Å². The number of allylic oxidation sites excluding steroid dienone is 1. The molecule has 2 N–H and O–H groups in total. The highest BCUT2D eigenvalue weighted by Crippen LogP contribution is 2.39. The molecule has 0 saturated heterocycles. The molecule has 0 spiro atoms. The molecule has 1 fully saturated rings. The lowest BCUT2D eigenvalue weighted by Crippen LogP contribution is -2.38. The summed E-state index contributed by atoms with van der Waals surface area (Å²) in [4.78, 5) is 22.5. The highest BCUT2D eigenvalue weighted by atomic mass is 32.2. The van der Waals surface area contributed by atoms with E-state index in [2.05, 4.69) is 13.0 Å². The number of aliphatic carboxylic acids is 1. The van der Waals surface area contributed by atoms with E-state index in [9.17, 15) is 14.7 Å². The first kappa shape index (κ1) is 30.0. The molecule has 0 aromatic heterocycles. The lowest BCUT2D eigenvalue weighted by Gasteiger charge is -2.36. The van der Waals surface area contributed by atoms with Gasteiger partial charge in [0.1, 0.15) is 0 Å². The minimum atomic E-state index is -0.788. The van der Waals surface area contributed by atoms with Crippen molar-refractivity contribution in [3.63, 3.8) is 0 Å². The third kappa shape index (κ3) is 14.1. The summed E-state index contributed by atoms with van der Waals surface area (Å²) in [5.74, 6) is -0.733. The van der Waals surface area contributed by atoms with Gasteiger partial charge in [-0.3, -0.25) is 9.59 Å². The molecule has 2 unspecified atom stereocenters. The second-order valence-electron chi connectivity index (χ2n) is 9.49. The molecule has 1 aliphatic rings. The van der Waals surface area contributed by atoms with Crippen LogP contribution in [-0.4, -0.2) is 46.4 Å². The van der Waals surface area contributed by atoms with Gasteiger partial charge in [0.25, 0.3) is 0 Å². The van der Waals surface area contributed by atoms with Crippen molar-refractivity contribution < 1.29 is 24.5 Å². The van der Waals surface area contributed by atoms with Gasteiger partial charge in [-0.25, -0.2) is 0 Å². The summed E-state index contributed by atoms with van der Waals surface area (Å²) >= 11 is 1.46. The Labute approximate surface area is 206 Å². The topological polar surface area (TPSA) is 83.8 Å². The minimum absolute atomic E-state index is 0.0959. The Bertz CT molecular complexity index is 563. The molecule has 33 heavy (non-hydrogen) atoms. The average Bonchev–Trinajstić information content (AvgIpc) is 2.80. The van der Waals surface area contributed by atoms with Gasteiger partial charge in [-0.2, -0.15) is 0 Å². The summed E-state index contributed by atoms with van der Waals surface area (Å²) in [6, 6.07) is 0. The Kier molecular flexibility index (Phi) is 17.6. The molecule has 0 aliphatic heterocycles. The molecule has 0 heterocycles. The Morgan fingerprint density at radius 2 is 1.61 bits per heavy atom. The monoisotopic (exact) mass is 484 g/mol. The lowest BCUT2D eigenvalue weighted by atomic mass is 9.80. The van der Waals surface area contributed by atoms with Crippen molar-refractivity contribution in [2.45, 2.75) is 127 Å². The standard InChI is InChI=1S/C27H48O5S/c1-3-4-5-6-7-8-9-10-11-12-13-14-16-23-20-19-22(17-15-18-24(28)29)26(31)27(23)33-21-25(30)32-2/h16,22,26-27,31H,3-15,17-21H2,1-2H3,(H,28,29)/t22?,26?,27-/m0/s1. The summed E-state index contributed by atoms with van der Waals surface area (Å²) in [5.41, 5.74) is 1.25. The molecular weight excluding hydrogens is 436 g/mol. The van der Waals surface area contributed by atoms with Crippen LogP contribution in [0.4, 0.5) is 0 Å². The maximum absolute atomic E-state index is 11.7. The molecule has 192 valence electrons. The predicted molar refractivity (Wildman–Crippen MR) is 138 cm³/mol. The van der Waals surface area contributed by atoms with Gasteiger partial charge >= 0.3 is 11.9 Å². The van der Waals surface area contributed by atoms with E-state index in [1.807, 2.05) is 0 Å². The van der Waals surface area contributed by atoms with Gasteiger partial charge in [0, 0.05) is 6.42 Å². The Morgan fingerprint density at radius 1 is 1.00 bits per heavy atom. The van der Waals surface area contributed by atoms with Crippen molar-refractivity contribution in [3.05, 3.63) is 11.6 Å². The SMILES string of the molecule is CCCCCCCCCCCCCC=C1CCC(CCCC(=O)O)C(O)[C@H]1SCC(=O)OC. The zero-order chi connectivity index (χ0) is 24.3. The number of hydrogen-bond acceptors (Lipinski definition) is 5. The quantitative estimate of drug-likeness (QED) is 0.118. The molecule has 3 atom stereocenters. The molecule has 6 heteroatoms. The summed E-state index contributed by atoms with van der Waals surface area (Å²) < 4.78 is 4.78. The molecule has 1 saturated carbocycles. The molecular formula is C27H48O5S. The number of carboxylic acids is 1. The lowest BCUT2D eigenvalue weighted by molar-refractivity contribution is -0.138. The van der Waals surface area contributed by atoms with E-state index in [0.717, 1.165) is 19.3 Å². The molecule has 0 amide bonds. The molecule has 0 radical (unpaired) electrons. The van der Waals surface area contributed by atoms with Gasteiger partial charge in [0.15, 0.2) is 0 Å². The van der Waals surface area contributed by atoms with Crippen molar-refractivity contribution >= 4 is 23.7 Å². The third-order valence-electron chi connectivity index (χ3n) is 6.75. The number of rotatable bonds is 19. The van der Waals surface area contributed by atoms with Crippen molar-refractivity contribution in [2.24, 2.45) is 5.92 Å². The van der Waals surface area contributed by atoms with Crippen LogP contribution in [0.15, 0.2) is 11.6 Å². The fourth-order valence-corrected chi connectivity index (χ4v) is 5.98. The molecule has 1 aliphatic carbocycles. The van der Waals surface area contributed by atoms with E-state index in [-0.39, 0.29) is 29.3 Å². The van der Waals surface area contributed by atoms with Crippen LogP contribution in [0.3, 0.4) is 0 Å². The van der Waals surface area contributed by atoms with Crippen molar-refractivity contribution in [2.75, 3.05) is 12.9 Å². The smallest absolute Gasteiger partial charge is 0.315 e. The number of unbranched alkanes of at least 4 members (excludes halogenated alkanes) is 11. The van der Waals surface area contributed by atoms with Crippen LogP contribution in [0.2, 0.25) is 0 Å². The van der Waals surface area contributed by atoms with Crippen LogP contribution in [0, 0.1) is 5.92 Å². The van der Waals surface area contributed by atoms with E-state index < -0.39 is 12.1 Å². The van der Waals surface area contributed by atoms with Crippen molar-refractivity contribution in [3.8, 4) is 0 Å². The normalized spacial score (nSPS) is 21.9. The fourth-order valence-electron chi connectivity index (χ4n) is 4.70. The number of carbonyl (C=O) groups is 2. The Morgan fingerprint density at radius 3 is 2.18 bits per heavy atom. The highest BCUT2D eigenvalue weighted by Gasteiger charge is 2.35. The summed E-state index contributed by atoms with van der Waals surface area (Å²) in [6.45, 7) is 2.26. The van der Waals surface area contributed by atoms with E-state index in [1.54, 1.807) is 0 Å². The number of aliphatic hydroxyl groups is 1. The second-order valence-corrected chi connectivity index (χ2v) is 10.6. The summed E-state index contributed by atoms with van der Waals surface area (Å²) in [5, 5.41) is 19.8. The molecule has 0 bridgehead atoms. The number of methoxy groups -OCH3 is 1. The first-order valence-corrected chi connectivity index (χ1v) is 14.3. The average molecular weight is 485 g/mol. The summed E-state index contributed by atoms with van der Waals surface area (Å²) in [7, 11) is 1.39. The Hall–Kier alpha value is -1.01. The van der Waals surface area contributed by atoms with E-state index in [0.29, 0.717) is 12.8 Å². The van der Waals surface area contributed by atoms with Gasteiger partial charge < -0.3 is 14.9 Å². The highest BCUT2D eigenvalue weighted by molar-refractivity contribution is 8.00. The van der Waals surface area contributed by atoms with Crippen LogP contribution in [0.5, 0.6) is 0 Å². The van der Waals surface area contributed by atoms with Crippen LogP contribution >= 0.6 is 11.8 Å². The number of carboxylic acid groups (broad SMARTS) is 1. The third-order valence-corrected chi connectivity index (χ3v) is 8.09. The number of hydrogen-bond donors (Lipinski definition) is 2. The molecule has 5 nitrogen and oxygen atoms in total. The number of aliphatic hydroxyl groups excluding tert-OH is 1. The minimum Gasteiger partial charge on any atom is -0.481 e. The van der Waals surface area contributed by atoms with Gasteiger partial charge in [0.2, 0.25) is 0 Å². The van der Waals surface area contributed by atoms with E-state index in [4.69, 9.17) is 9.84 Å². The van der Waals surface area contributed by atoms with Gasteiger partial charge in [-0.15, -0.1) is 11.8 Å². The van der Waals surface area contributed by atoms with Crippen molar-refractivity contribution in [1.82, 2.24) is 0 Å². The van der Waals surface area contributed by atoms with Gasteiger partial charge in [-0.05, 0) is 44.4 Å². The molecule has 0 aromatic rings. The maximum atomic E-state index is 11.7. The largest absolute Gasteiger partial charge is 0.481 e. The molecule has 0 aromatic carbocycles. The molecule has 1 rings (SSSR count). The summed E-state index contributed by atoms with van der Waals surface area (Å²) in [6.07, 6.45) is 20.7. The van der Waals surface area contributed by atoms with Gasteiger partial charge in [-0.1, -0.05) is 82.8 Å². The van der Waals surface area contributed by atoms with Crippen LogP contribution < -0.4 is 0 Å². The first-order chi connectivity index (χ1) is 16.0. The fraction of sp³-hybridized carbons (Fsp3) is 0.852. The number of esters is 1. The van der Waals surface area contributed by atoms with E-state index >= 15 is 0 Å². The maximum Gasteiger partial charge on any atom is 0.315 e. The number of carbonyl (C=O) groups excluding carboxylic acids is 1.